The summed E-state index contributed by atoms with van der Waals surface area (Å²) >= 11 is 0. The van der Waals surface area contributed by atoms with E-state index in [1.165, 1.54) is 14.2 Å². The monoisotopic (exact) mass is 881 g/mol. The quantitative estimate of drug-likeness (QED) is 0.0995. The van der Waals surface area contributed by atoms with Crippen molar-refractivity contribution >= 4 is 34.9 Å². The third-order valence-electron chi connectivity index (χ3n) is 13.0. The zero-order chi connectivity index (χ0) is 45.5. The highest BCUT2D eigenvalue weighted by molar-refractivity contribution is 6.07. The number of amides is 4. The van der Waals surface area contributed by atoms with Crippen molar-refractivity contribution in [2.45, 2.75) is 84.3 Å². The number of methoxy groups -OCH3 is 2. The first-order chi connectivity index (χ1) is 31.4. The number of alkyl carbamates (subject to hydrolysis) is 2. The van der Waals surface area contributed by atoms with Crippen molar-refractivity contribution in [1.29, 1.82) is 0 Å². The van der Waals surface area contributed by atoms with Crippen LogP contribution in [0.1, 0.15) is 77.1 Å². The standard InChI is InChI=1S/C49H55N9O7/c1-27(2)41(54-48(61)63-5)46(59)56-20-10-14-37(56)44-50-24-34(52-44)30-17-19-36-33(22-30)40(29-12-8-7-9-13-29)43-32-18-16-31(23-39(32)65-26-58(36)43)35-25-51-45(53-35)38-15-11-21-57(38)47(60)42(28(3)4)55-49(62)64-6/h7-9,12-13,16-19,22-25,27-28,37-38,41-42H,10-11,14-15,20-21,26H2,1-6H3,(H,50,52)(H,51,53)(H,54,61)(H,55,62)/t37-,38-,41-,42-/m0/s1. The number of carbonyl (C=O) groups is 4. The summed E-state index contributed by atoms with van der Waals surface area (Å²) in [5.74, 6) is 1.57. The van der Waals surface area contributed by atoms with E-state index in [9.17, 15) is 19.2 Å². The minimum absolute atomic E-state index is 0.130. The van der Waals surface area contributed by atoms with Crippen LogP contribution in [0.25, 0.3) is 55.8 Å². The Morgan fingerprint density at radius 1 is 0.708 bits per heavy atom. The Kier molecular flexibility index (Phi) is 11.8. The first-order valence-corrected chi connectivity index (χ1v) is 22.3. The number of aromatic amines is 2. The lowest BCUT2D eigenvalue weighted by Crippen LogP contribution is -2.51. The molecule has 0 radical (unpaired) electrons. The lowest BCUT2D eigenvalue weighted by molar-refractivity contribution is -0.136. The van der Waals surface area contributed by atoms with Crippen molar-refractivity contribution in [3.63, 3.8) is 0 Å². The molecule has 3 aromatic carbocycles. The summed E-state index contributed by atoms with van der Waals surface area (Å²) in [4.78, 5) is 72.0. The number of ether oxygens (including phenoxy) is 3. The van der Waals surface area contributed by atoms with E-state index in [0.29, 0.717) is 31.5 Å². The van der Waals surface area contributed by atoms with Gasteiger partial charge in [-0.15, -0.1) is 0 Å². The fourth-order valence-corrected chi connectivity index (χ4v) is 9.66. The summed E-state index contributed by atoms with van der Waals surface area (Å²) in [7, 11) is 2.58. The van der Waals surface area contributed by atoms with Crippen LogP contribution < -0.4 is 15.4 Å². The number of fused-ring (bicyclic) bond motifs is 5. The molecule has 0 saturated carbocycles. The number of benzene rings is 3. The Labute approximate surface area is 377 Å². The zero-order valence-corrected chi connectivity index (χ0v) is 37.5. The minimum atomic E-state index is -0.717. The molecule has 65 heavy (non-hydrogen) atoms. The first-order valence-electron chi connectivity index (χ1n) is 22.3. The van der Waals surface area contributed by atoms with Crippen molar-refractivity contribution in [3.05, 3.63) is 90.8 Å². The zero-order valence-electron chi connectivity index (χ0n) is 37.5. The molecule has 6 aromatic rings. The average molecular weight is 882 g/mol. The fourth-order valence-electron chi connectivity index (χ4n) is 9.66. The van der Waals surface area contributed by atoms with Gasteiger partial charge in [0.25, 0.3) is 0 Å². The van der Waals surface area contributed by atoms with Gasteiger partial charge < -0.3 is 49.2 Å². The predicted molar refractivity (Wildman–Crippen MR) is 244 cm³/mol. The third-order valence-corrected chi connectivity index (χ3v) is 13.0. The number of imidazole rings is 2. The van der Waals surface area contributed by atoms with Crippen LogP contribution in [0.2, 0.25) is 0 Å². The van der Waals surface area contributed by atoms with Crippen molar-refractivity contribution in [3.8, 4) is 50.6 Å². The molecule has 0 unspecified atom stereocenters. The molecule has 3 aliphatic rings. The Hall–Kier alpha value is -7.10. The Morgan fingerprint density at radius 2 is 1.25 bits per heavy atom. The second-order valence-corrected chi connectivity index (χ2v) is 17.7. The van der Waals surface area contributed by atoms with Crippen LogP contribution in [0.5, 0.6) is 5.75 Å². The summed E-state index contributed by atoms with van der Waals surface area (Å²) in [5.41, 5.74) is 8.68. The molecular formula is C49H55N9O7. The van der Waals surface area contributed by atoms with E-state index in [1.807, 2.05) is 68.0 Å². The molecule has 0 spiro atoms. The van der Waals surface area contributed by atoms with Crippen molar-refractivity contribution in [2.75, 3.05) is 27.3 Å². The molecular weight excluding hydrogens is 827 g/mol. The summed E-state index contributed by atoms with van der Waals surface area (Å²) in [6.07, 6.45) is 5.52. The maximum Gasteiger partial charge on any atom is 0.407 e. The number of likely N-dealkylation sites (tertiary alicyclic amines) is 2. The third kappa shape index (κ3) is 8.06. The van der Waals surface area contributed by atoms with Crippen molar-refractivity contribution in [2.24, 2.45) is 11.8 Å². The topological polar surface area (TPSA) is 189 Å². The number of nitrogens with zero attached hydrogens (tertiary/aromatic N) is 5. The van der Waals surface area contributed by atoms with Gasteiger partial charge in [0.2, 0.25) is 11.8 Å². The van der Waals surface area contributed by atoms with E-state index >= 15 is 0 Å². The molecule has 3 aliphatic heterocycles. The lowest BCUT2D eigenvalue weighted by Gasteiger charge is -2.30. The Bertz CT molecular complexity index is 2760. The number of carbonyl (C=O) groups excluding carboxylic acids is 4. The first kappa shape index (κ1) is 43.2. The van der Waals surface area contributed by atoms with Crippen LogP contribution in [0.3, 0.4) is 0 Å². The predicted octanol–water partition coefficient (Wildman–Crippen LogP) is 8.19. The molecule has 6 heterocycles. The molecule has 16 nitrogen and oxygen atoms in total. The molecule has 4 atom stereocenters. The summed E-state index contributed by atoms with van der Waals surface area (Å²) in [6, 6.07) is 21.0. The number of rotatable bonds is 11. The van der Waals surface area contributed by atoms with Crippen LogP contribution in [0, 0.1) is 11.8 Å². The summed E-state index contributed by atoms with van der Waals surface area (Å²) in [6.45, 7) is 9.06. The lowest BCUT2D eigenvalue weighted by atomic mass is 9.95. The van der Waals surface area contributed by atoms with Gasteiger partial charge in [0, 0.05) is 40.7 Å². The normalized spacial score (nSPS) is 17.7. The Morgan fingerprint density at radius 3 is 1.78 bits per heavy atom. The molecule has 2 saturated heterocycles. The summed E-state index contributed by atoms with van der Waals surface area (Å²) < 4.78 is 18.4. The molecule has 3 aromatic heterocycles. The van der Waals surface area contributed by atoms with Gasteiger partial charge in [-0.25, -0.2) is 19.6 Å². The van der Waals surface area contributed by atoms with E-state index in [4.69, 9.17) is 24.2 Å². The van der Waals surface area contributed by atoms with Crippen LogP contribution >= 0.6 is 0 Å². The van der Waals surface area contributed by atoms with E-state index in [1.54, 1.807) is 6.20 Å². The molecule has 338 valence electrons. The molecule has 16 heteroatoms. The van der Waals surface area contributed by atoms with Gasteiger partial charge in [-0.2, -0.15) is 0 Å². The highest BCUT2D eigenvalue weighted by Gasteiger charge is 2.39. The second-order valence-electron chi connectivity index (χ2n) is 17.7. The van der Waals surface area contributed by atoms with Crippen LogP contribution in [-0.4, -0.2) is 97.7 Å². The maximum atomic E-state index is 13.8. The smallest absolute Gasteiger partial charge is 0.407 e. The molecule has 4 N–H and O–H groups in total. The molecule has 0 bridgehead atoms. The Balaban J connectivity index is 1.01. The van der Waals surface area contributed by atoms with Gasteiger partial charge in [-0.05, 0) is 67.3 Å². The van der Waals surface area contributed by atoms with Gasteiger partial charge in [0.05, 0.1) is 61.3 Å². The van der Waals surface area contributed by atoms with Gasteiger partial charge in [-0.3, -0.25) is 9.59 Å². The highest BCUT2D eigenvalue weighted by atomic mass is 16.5. The minimum Gasteiger partial charge on any atom is -0.472 e. The van der Waals surface area contributed by atoms with Crippen LogP contribution in [-0.2, 0) is 25.8 Å². The van der Waals surface area contributed by atoms with E-state index in [-0.39, 0.29) is 35.7 Å². The number of H-pyrrole nitrogens is 2. The number of hydrogen-bond acceptors (Lipinski definition) is 9. The molecule has 4 amide bonds. The largest absolute Gasteiger partial charge is 0.472 e. The number of nitrogens with one attached hydrogen (secondary N) is 4. The summed E-state index contributed by atoms with van der Waals surface area (Å²) in [5, 5.41) is 6.50. The molecule has 9 rings (SSSR count). The van der Waals surface area contributed by atoms with Crippen molar-refractivity contribution in [1.82, 2.24) is 44.9 Å². The van der Waals surface area contributed by atoms with Crippen molar-refractivity contribution < 1.29 is 33.4 Å². The fraction of sp³-hybridized carbons (Fsp3) is 0.388. The maximum absolute atomic E-state index is 13.8. The average Bonchev–Trinajstić information content (AvgIpc) is 4.18. The van der Waals surface area contributed by atoms with E-state index in [0.717, 1.165) is 87.2 Å². The number of hydrogen-bond donors (Lipinski definition) is 4. The van der Waals surface area contributed by atoms with E-state index < -0.39 is 24.3 Å². The SMILES string of the molecule is COC(=O)N[C@H](C(=O)N1CCC[C@H]1c1ncc(-c2ccc3c(c2)OCn2c-3c(-c3ccccc3)c3cc(-c4cnc([C@@H]5CCCN5C(=O)[C@@H](NC(=O)OC)C(C)C)[nH]4)ccc32)[nH]1)C(C)C. The van der Waals surface area contributed by atoms with E-state index in [2.05, 4.69) is 67.6 Å². The van der Waals surface area contributed by atoms with Gasteiger partial charge >= 0.3 is 12.2 Å². The molecule has 2 fully saturated rings. The van der Waals surface area contributed by atoms with Crippen LogP contribution in [0.4, 0.5) is 9.59 Å². The van der Waals surface area contributed by atoms with Gasteiger partial charge in [0.15, 0.2) is 6.73 Å². The number of aromatic nitrogens is 5. The highest BCUT2D eigenvalue weighted by Crippen LogP contribution is 2.48. The van der Waals surface area contributed by atoms with Gasteiger partial charge in [0.1, 0.15) is 29.5 Å². The van der Waals surface area contributed by atoms with Gasteiger partial charge in [-0.1, -0.05) is 70.2 Å². The molecule has 0 aliphatic carbocycles. The second kappa shape index (κ2) is 17.8. The van der Waals surface area contributed by atoms with Crippen LogP contribution in [0.15, 0.2) is 79.1 Å².